The number of para-hydroxylation sites is 1. The summed E-state index contributed by atoms with van der Waals surface area (Å²) < 4.78 is 29.0. The Morgan fingerprint density at radius 3 is 2.95 bits per heavy atom. The molecule has 20 heavy (non-hydrogen) atoms. The van der Waals surface area contributed by atoms with Gasteiger partial charge in [-0.2, -0.15) is 8.78 Å². The molecule has 2 rings (SSSR count). The highest BCUT2D eigenvalue weighted by atomic mass is 19.3. The van der Waals surface area contributed by atoms with Crippen LogP contribution in [0.5, 0.6) is 5.75 Å². The average Bonchev–Trinajstić information content (AvgIpc) is 2.46. The zero-order chi connectivity index (χ0) is 14.4. The lowest BCUT2D eigenvalue weighted by atomic mass is 9.99. The van der Waals surface area contributed by atoms with Crippen molar-refractivity contribution >= 4 is 5.91 Å². The number of nitrogens with one attached hydrogen (secondary N) is 2. The first-order valence-electron chi connectivity index (χ1n) is 6.68. The summed E-state index contributed by atoms with van der Waals surface area (Å²) in [5, 5.41) is 5.95. The third-order valence-corrected chi connectivity index (χ3v) is 3.31. The first-order chi connectivity index (χ1) is 9.66. The number of ether oxygens (including phenoxy) is 1. The Hall–Kier alpha value is -1.69. The van der Waals surface area contributed by atoms with Crippen LogP contribution in [0.3, 0.4) is 0 Å². The summed E-state index contributed by atoms with van der Waals surface area (Å²) in [6.07, 6.45) is 1.83. The van der Waals surface area contributed by atoms with Gasteiger partial charge in [0.25, 0.3) is 0 Å². The minimum Gasteiger partial charge on any atom is -0.434 e. The van der Waals surface area contributed by atoms with Gasteiger partial charge in [-0.3, -0.25) is 4.79 Å². The van der Waals surface area contributed by atoms with Gasteiger partial charge >= 0.3 is 6.61 Å². The second kappa shape index (κ2) is 7.19. The zero-order valence-corrected chi connectivity index (χ0v) is 11.1. The third-order valence-electron chi connectivity index (χ3n) is 3.31. The van der Waals surface area contributed by atoms with Gasteiger partial charge in [-0.25, -0.2) is 0 Å². The van der Waals surface area contributed by atoms with E-state index in [4.69, 9.17) is 0 Å². The third kappa shape index (κ3) is 4.16. The minimum absolute atomic E-state index is 0.0491. The molecule has 1 aliphatic rings. The van der Waals surface area contributed by atoms with E-state index in [-0.39, 0.29) is 24.1 Å². The molecule has 0 bridgehead atoms. The maximum Gasteiger partial charge on any atom is 0.387 e. The van der Waals surface area contributed by atoms with Gasteiger partial charge in [0.05, 0.1) is 5.92 Å². The molecule has 1 heterocycles. The van der Waals surface area contributed by atoms with Crippen molar-refractivity contribution in [2.24, 2.45) is 5.92 Å². The van der Waals surface area contributed by atoms with E-state index in [1.165, 1.54) is 6.07 Å². The van der Waals surface area contributed by atoms with E-state index >= 15 is 0 Å². The number of halogens is 2. The second-order valence-electron chi connectivity index (χ2n) is 4.75. The van der Waals surface area contributed by atoms with Crippen LogP contribution < -0.4 is 15.4 Å². The monoisotopic (exact) mass is 284 g/mol. The van der Waals surface area contributed by atoms with Gasteiger partial charge in [0.15, 0.2) is 0 Å². The Morgan fingerprint density at radius 1 is 1.45 bits per heavy atom. The molecule has 0 radical (unpaired) electrons. The van der Waals surface area contributed by atoms with Crippen molar-refractivity contribution in [3.8, 4) is 5.75 Å². The molecule has 0 unspecified atom stereocenters. The molecule has 4 nitrogen and oxygen atoms in total. The van der Waals surface area contributed by atoms with Crippen LogP contribution in [0.4, 0.5) is 8.78 Å². The van der Waals surface area contributed by atoms with Crippen LogP contribution in [0.2, 0.25) is 0 Å². The number of carbonyl (C=O) groups is 1. The van der Waals surface area contributed by atoms with Gasteiger partial charge < -0.3 is 15.4 Å². The Balaban J connectivity index is 1.91. The Labute approximate surface area is 116 Å². The van der Waals surface area contributed by atoms with Crippen LogP contribution in [-0.4, -0.2) is 25.6 Å². The number of hydrogen-bond acceptors (Lipinski definition) is 3. The highest BCUT2D eigenvalue weighted by molar-refractivity contribution is 5.79. The van der Waals surface area contributed by atoms with Gasteiger partial charge in [0.2, 0.25) is 5.91 Å². The summed E-state index contributed by atoms with van der Waals surface area (Å²) in [5.74, 6) is 0.000508. The Bertz CT molecular complexity index is 449. The molecule has 0 saturated carbocycles. The van der Waals surface area contributed by atoms with E-state index in [9.17, 15) is 13.6 Å². The standard InChI is InChI=1S/C14H18F2N2O2/c15-14(16)20-12-6-2-1-4-10(12)9-18-13(19)11-5-3-7-17-8-11/h1-2,4,6,11,14,17H,3,5,7-9H2,(H,18,19)/t11-/m1/s1. The molecule has 2 N–H and O–H groups in total. The predicted molar refractivity (Wildman–Crippen MR) is 70.5 cm³/mol. The fourth-order valence-corrected chi connectivity index (χ4v) is 2.26. The first kappa shape index (κ1) is 14.7. The van der Waals surface area contributed by atoms with Crippen LogP contribution in [0, 0.1) is 5.92 Å². The van der Waals surface area contributed by atoms with Gasteiger partial charge in [-0.05, 0) is 25.5 Å². The molecule has 0 aromatic heterocycles. The SMILES string of the molecule is O=C(NCc1ccccc1OC(F)F)[C@@H]1CCCNC1. The van der Waals surface area contributed by atoms with Crippen LogP contribution >= 0.6 is 0 Å². The number of rotatable bonds is 5. The van der Waals surface area contributed by atoms with Crippen molar-refractivity contribution in [2.45, 2.75) is 26.0 Å². The summed E-state index contributed by atoms with van der Waals surface area (Å²) in [7, 11) is 0. The topological polar surface area (TPSA) is 50.4 Å². The molecule has 1 fully saturated rings. The number of amides is 1. The van der Waals surface area contributed by atoms with E-state index < -0.39 is 6.61 Å². The van der Waals surface area contributed by atoms with E-state index in [0.717, 1.165) is 19.4 Å². The lowest BCUT2D eigenvalue weighted by molar-refractivity contribution is -0.125. The fraction of sp³-hybridized carbons (Fsp3) is 0.500. The van der Waals surface area contributed by atoms with Crippen LogP contribution in [-0.2, 0) is 11.3 Å². The smallest absolute Gasteiger partial charge is 0.387 e. The second-order valence-corrected chi connectivity index (χ2v) is 4.75. The Kier molecular flexibility index (Phi) is 5.29. The van der Waals surface area contributed by atoms with E-state index in [1.807, 2.05) is 0 Å². The van der Waals surface area contributed by atoms with Crippen molar-refractivity contribution in [3.63, 3.8) is 0 Å². The molecule has 6 heteroatoms. The zero-order valence-electron chi connectivity index (χ0n) is 11.1. The fourth-order valence-electron chi connectivity index (χ4n) is 2.26. The van der Waals surface area contributed by atoms with Gasteiger partial charge in [-0.15, -0.1) is 0 Å². The molecule has 1 amide bonds. The summed E-state index contributed by atoms with van der Waals surface area (Å²) in [6.45, 7) is -1.07. The molecular formula is C14H18F2N2O2. The van der Waals surface area contributed by atoms with Gasteiger partial charge in [-0.1, -0.05) is 18.2 Å². The average molecular weight is 284 g/mol. The summed E-state index contributed by atoms with van der Waals surface area (Å²) in [4.78, 5) is 12.0. The minimum atomic E-state index is -2.87. The van der Waals surface area contributed by atoms with Crippen LogP contribution in [0.25, 0.3) is 0 Å². The van der Waals surface area contributed by atoms with Crippen molar-refractivity contribution in [1.82, 2.24) is 10.6 Å². The maximum absolute atomic E-state index is 12.3. The molecule has 0 aliphatic carbocycles. The molecule has 1 saturated heterocycles. The van der Waals surface area contributed by atoms with Gasteiger partial charge in [0, 0.05) is 18.7 Å². The lowest BCUT2D eigenvalue weighted by Crippen LogP contribution is -2.40. The largest absolute Gasteiger partial charge is 0.434 e. The van der Waals surface area contributed by atoms with E-state index in [0.29, 0.717) is 12.1 Å². The summed E-state index contributed by atoms with van der Waals surface area (Å²) >= 11 is 0. The van der Waals surface area contributed by atoms with Crippen molar-refractivity contribution in [3.05, 3.63) is 29.8 Å². The normalized spacial score (nSPS) is 18.9. The molecule has 1 atom stereocenters. The highest BCUT2D eigenvalue weighted by Gasteiger charge is 2.20. The summed E-state index contributed by atoms with van der Waals surface area (Å²) in [5.41, 5.74) is 0.546. The molecular weight excluding hydrogens is 266 g/mol. The molecule has 1 aliphatic heterocycles. The number of alkyl halides is 2. The van der Waals surface area contributed by atoms with Crippen LogP contribution in [0.15, 0.2) is 24.3 Å². The molecule has 0 spiro atoms. The predicted octanol–water partition coefficient (Wildman–Crippen LogP) is 1.90. The molecule has 1 aromatic rings. The van der Waals surface area contributed by atoms with Crippen molar-refractivity contribution < 1.29 is 18.3 Å². The van der Waals surface area contributed by atoms with Gasteiger partial charge in [0.1, 0.15) is 5.75 Å². The van der Waals surface area contributed by atoms with Crippen LogP contribution in [0.1, 0.15) is 18.4 Å². The highest BCUT2D eigenvalue weighted by Crippen LogP contribution is 2.20. The number of hydrogen-bond donors (Lipinski definition) is 2. The molecule has 110 valence electrons. The van der Waals surface area contributed by atoms with Crippen molar-refractivity contribution in [1.29, 1.82) is 0 Å². The maximum atomic E-state index is 12.3. The number of carbonyl (C=O) groups excluding carboxylic acids is 1. The lowest BCUT2D eigenvalue weighted by Gasteiger charge is -2.22. The molecule has 1 aromatic carbocycles. The van der Waals surface area contributed by atoms with E-state index in [1.54, 1.807) is 18.2 Å². The quantitative estimate of drug-likeness (QED) is 0.868. The number of benzene rings is 1. The number of piperidine rings is 1. The van der Waals surface area contributed by atoms with Crippen molar-refractivity contribution in [2.75, 3.05) is 13.1 Å². The van der Waals surface area contributed by atoms with E-state index in [2.05, 4.69) is 15.4 Å². The first-order valence-corrected chi connectivity index (χ1v) is 6.68. The summed E-state index contributed by atoms with van der Waals surface area (Å²) in [6, 6.07) is 6.48. The Morgan fingerprint density at radius 2 is 2.25 bits per heavy atom.